The molecule has 1 aromatic carbocycles. The number of rotatable bonds is 2. The molecule has 0 saturated carbocycles. The Labute approximate surface area is 92.0 Å². The van der Waals surface area contributed by atoms with E-state index in [1.165, 1.54) is 0 Å². The Bertz CT molecular complexity index is 354. The quantitative estimate of drug-likeness (QED) is 0.854. The molecule has 3 nitrogen and oxygen atoms in total. The smallest absolute Gasteiger partial charge is 0.144 e. The highest BCUT2D eigenvalue weighted by Crippen LogP contribution is 2.42. The molecular weight excluding hydrogens is 244 g/mol. The predicted molar refractivity (Wildman–Crippen MR) is 62.0 cm³/mol. The van der Waals surface area contributed by atoms with Gasteiger partial charge >= 0.3 is 0 Å². The molecule has 4 heteroatoms. The van der Waals surface area contributed by atoms with Gasteiger partial charge in [0.25, 0.3) is 0 Å². The first-order chi connectivity index (χ1) is 6.76. The summed E-state index contributed by atoms with van der Waals surface area (Å²) in [4.78, 5) is 0. The Hall–Kier alpha value is -0.900. The minimum atomic E-state index is 0.303. The summed E-state index contributed by atoms with van der Waals surface area (Å²) in [7, 11) is 1.68. The predicted octanol–water partition coefficient (Wildman–Crippen LogP) is 3.03. The summed E-state index contributed by atoms with van der Waals surface area (Å²) < 4.78 is 6.35. The molecule has 0 aromatic heterocycles. The van der Waals surface area contributed by atoms with Crippen LogP contribution in [0.25, 0.3) is 0 Å². The highest BCUT2D eigenvalue weighted by molar-refractivity contribution is 9.10. The lowest BCUT2D eigenvalue weighted by Crippen LogP contribution is -2.20. The van der Waals surface area contributed by atoms with Crippen LogP contribution in [0.5, 0.6) is 5.75 Å². The summed E-state index contributed by atoms with van der Waals surface area (Å²) in [5.41, 5.74) is 2.14. The van der Waals surface area contributed by atoms with Crippen molar-refractivity contribution in [2.75, 3.05) is 17.7 Å². The Morgan fingerprint density at radius 1 is 1.36 bits per heavy atom. The van der Waals surface area contributed by atoms with E-state index in [0.717, 1.165) is 28.0 Å². The van der Waals surface area contributed by atoms with E-state index in [0.29, 0.717) is 6.17 Å². The monoisotopic (exact) mass is 256 g/mol. The van der Waals surface area contributed by atoms with Crippen LogP contribution in [-0.2, 0) is 0 Å². The molecule has 14 heavy (non-hydrogen) atoms. The molecule has 1 aliphatic heterocycles. The Morgan fingerprint density at radius 3 is 2.71 bits per heavy atom. The van der Waals surface area contributed by atoms with Crippen LogP contribution in [0, 0.1) is 0 Å². The van der Waals surface area contributed by atoms with Gasteiger partial charge in [0, 0.05) is 4.47 Å². The third-order valence-electron chi connectivity index (χ3n) is 2.38. The topological polar surface area (TPSA) is 33.3 Å². The maximum atomic E-state index is 5.28. The van der Waals surface area contributed by atoms with Crippen LogP contribution in [0.3, 0.4) is 0 Å². The third kappa shape index (κ3) is 1.43. The normalized spacial score (nSPS) is 18.4. The fourth-order valence-electron chi connectivity index (χ4n) is 1.60. The zero-order valence-corrected chi connectivity index (χ0v) is 9.81. The van der Waals surface area contributed by atoms with E-state index in [9.17, 15) is 0 Å². The number of hydrogen-bond acceptors (Lipinski definition) is 3. The van der Waals surface area contributed by atoms with Crippen LogP contribution in [0.15, 0.2) is 16.6 Å². The van der Waals surface area contributed by atoms with Crippen LogP contribution < -0.4 is 15.4 Å². The van der Waals surface area contributed by atoms with Crippen LogP contribution >= 0.6 is 15.9 Å². The number of fused-ring (bicyclic) bond motifs is 1. The van der Waals surface area contributed by atoms with Gasteiger partial charge in [0.05, 0.1) is 19.0 Å². The van der Waals surface area contributed by atoms with Crippen molar-refractivity contribution in [2.45, 2.75) is 19.5 Å². The van der Waals surface area contributed by atoms with Crippen molar-refractivity contribution in [2.24, 2.45) is 0 Å². The summed E-state index contributed by atoms with van der Waals surface area (Å²) in [5, 5.41) is 6.77. The van der Waals surface area contributed by atoms with Gasteiger partial charge in [-0.1, -0.05) is 6.92 Å². The van der Waals surface area contributed by atoms with Crippen molar-refractivity contribution in [3.05, 3.63) is 16.6 Å². The second-order valence-corrected chi connectivity index (χ2v) is 4.10. The Balaban J connectivity index is 2.42. The minimum Gasteiger partial charge on any atom is -0.495 e. The Morgan fingerprint density at radius 2 is 2.07 bits per heavy atom. The standard InChI is InChI=1S/C10H13BrN2O/c1-3-8-12-9-6(11)4-5-7(14-2)10(9)13-8/h4-5,8,12-13H,3H2,1-2H3. The summed E-state index contributed by atoms with van der Waals surface area (Å²) >= 11 is 3.51. The van der Waals surface area contributed by atoms with Crippen molar-refractivity contribution >= 4 is 27.3 Å². The lowest BCUT2D eigenvalue weighted by atomic mass is 10.2. The molecule has 1 atom stereocenters. The highest BCUT2D eigenvalue weighted by Gasteiger charge is 2.23. The summed E-state index contributed by atoms with van der Waals surface area (Å²) in [5.74, 6) is 0.881. The molecule has 0 spiro atoms. The third-order valence-corrected chi connectivity index (χ3v) is 3.04. The maximum absolute atomic E-state index is 5.28. The SMILES string of the molecule is CCC1Nc2c(Br)ccc(OC)c2N1. The minimum absolute atomic E-state index is 0.303. The van der Waals surface area contributed by atoms with Crippen LogP contribution in [0.4, 0.5) is 11.4 Å². The van der Waals surface area contributed by atoms with E-state index in [4.69, 9.17) is 4.74 Å². The van der Waals surface area contributed by atoms with Gasteiger partial charge in [0.2, 0.25) is 0 Å². The van der Waals surface area contributed by atoms with Gasteiger partial charge < -0.3 is 15.4 Å². The van der Waals surface area contributed by atoms with Crippen LogP contribution in [-0.4, -0.2) is 13.3 Å². The summed E-state index contributed by atoms with van der Waals surface area (Å²) in [6, 6.07) is 3.94. The van der Waals surface area contributed by atoms with Gasteiger partial charge in [0.15, 0.2) is 0 Å². The molecule has 1 heterocycles. The number of anilines is 2. The second kappa shape index (κ2) is 3.69. The molecule has 0 amide bonds. The average Bonchev–Trinajstić information content (AvgIpc) is 2.63. The zero-order valence-electron chi connectivity index (χ0n) is 8.23. The van der Waals surface area contributed by atoms with E-state index in [-0.39, 0.29) is 0 Å². The Kier molecular flexibility index (Phi) is 2.54. The molecule has 1 aliphatic rings. The molecule has 1 aromatic rings. The first-order valence-corrected chi connectivity index (χ1v) is 5.45. The van der Waals surface area contributed by atoms with Gasteiger partial charge in [-0.25, -0.2) is 0 Å². The average molecular weight is 257 g/mol. The largest absolute Gasteiger partial charge is 0.495 e. The van der Waals surface area contributed by atoms with Gasteiger partial charge in [-0.05, 0) is 34.5 Å². The molecule has 0 fully saturated rings. The molecule has 2 N–H and O–H groups in total. The van der Waals surface area contributed by atoms with E-state index in [2.05, 4.69) is 33.5 Å². The van der Waals surface area contributed by atoms with Crippen molar-refractivity contribution in [1.82, 2.24) is 0 Å². The van der Waals surface area contributed by atoms with Crippen molar-refractivity contribution < 1.29 is 4.74 Å². The second-order valence-electron chi connectivity index (χ2n) is 3.25. The molecule has 0 saturated heterocycles. The first kappa shape index (κ1) is 9.65. The molecule has 0 radical (unpaired) electrons. The highest BCUT2D eigenvalue weighted by atomic mass is 79.9. The van der Waals surface area contributed by atoms with Crippen molar-refractivity contribution in [3.63, 3.8) is 0 Å². The van der Waals surface area contributed by atoms with Gasteiger partial charge in [0.1, 0.15) is 11.4 Å². The lowest BCUT2D eigenvalue weighted by Gasteiger charge is -2.08. The van der Waals surface area contributed by atoms with Gasteiger partial charge in [-0.2, -0.15) is 0 Å². The first-order valence-electron chi connectivity index (χ1n) is 4.65. The number of ether oxygens (including phenoxy) is 1. The van der Waals surface area contributed by atoms with E-state index < -0.39 is 0 Å². The van der Waals surface area contributed by atoms with Crippen LogP contribution in [0.2, 0.25) is 0 Å². The summed E-state index contributed by atoms with van der Waals surface area (Å²) in [6.07, 6.45) is 1.34. The number of benzene rings is 1. The molecule has 2 rings (SSSR count). The van der Waals surface area contributed by atoms with E-state index >= 15 is 0 Å². The fourth-order valence-corrected chi connectivity index (χ4v) is 2.05. The maximum Gasteiger partial charge on any atom is 0.144 e. The zero-order chi connectivity index (χ0) is 10.1. The lowest BCUT2D eigenvalue weighted by molar-refractivity contribution is 0.417. The number of halogens is 1. The molecule has 0 bridgehead atoms. The fraction of sp³-hybridized carbons (Fsp3) is 0.400. The number of nitrogens with one attached hydrogen (secondary N) is 2. The summed E-state index contributed by atoms with van der Waals surface area (Å²) in [6.45, 7) is 2.14. The van der Waals surface area contributed by atoms with Gasteiger partial charge in [-0.15, -0.1) is 0 Å². The molecular formula is C10H13BrN2O. The molecule has 0 aliphatic carbocycles. The van der Waals surface area contributed by atoms with Crippen molar-refractivity contribution in [1.29, 1.82) is 0 Å². The van der Waals surface area contributed by atoms with Gasteiger partial charge in [-0.3, -0.25) is 0 Å². The van der Waals surface area contributed by atoms with Crippen molar-refractivity contribution in [3.8, 4) is 5.75 Å². The van der Waals surface area contributed by atoms with E-state index in [1.807, 2.05) is 12.1 Å². The molecule has 76 valence electrons. The van der Waals surface area contributed by atoms with Crippen LogP contribution in [0.1, 0.15) is 13.3 Å². The number of methoxy groups -OCH3 is 1. The number of hydrogen-bond donors (Lipinski definition) is 2. The van der Waals surface area contributed by atoms with E-state index in [1.54, 1.807) is 7.11 Å². The molecule has 1 unspecified atom stereocenters.